The van der Waals surface area contributed by atoms with Crippen LogP contribution in [0.2, 0.25) is 0 Å². The molecule has 0 bridgehead atoms. The number of carbonyl (C=O) groups is 2. The Kier molecular flexibility index (Phi) is 1.81. The molecule has 2 amide bonds. The van der Waals surface area contributed by atoms with Crippen LogP contribution in [0.4, 0.5) is 4.79 Å². The predicted octanol–water partition coefficient (Wildman–Crippen LogP) is -0.788. The molecule has 11 heavy (non-hydrogen) atoms. The molecule has 0 saturated heterocycles. The summed E-state index contributed by atoms with van der Waals surface area (Å²) in [5.41, 5.74) is -0.0626. The third kappa shape index (κ3) is 1.75. The molecule has 0 aliphatic rings. The van der Waals surface area contributed by atoms with Gasteiger partial charge in [-0.25, -0.2) is 4.79 Å². The second kappa shape index (κ2) is 2.78. The van der Waals surface area contributed by atoms with E-state index in [1.807, 2.05) is 0 Å². The number of amides is 2. The SMILES string of the molecule is O=C(O)NC(=O)c1cn[nH]n1. The average Bonchev–Trinajstić information content (AvgIpc) is 2.35. The fraction of sp³-hybridized carbons (Fsp3) is 0. The van der Waals surface area contributed by atoms with Crippen molar-refractivity contribution in [3.63, 3.8) is 0 Å². The van der Waals surface area contributed by atoms with Crippen LogP contribution in [-0.4, -0.2) is 32.5 Å². The summed E-state index contributed by atoms with van der Waals surface area (Å²) < 4.78 is 0. The van der Waals surface area contributed by atoms with Crippen LogP contribution >= 0.6 is 0 Å². The summed E-state index contributed by atoms with van der Waals surface area (Å²) in [6.45, 7) is 0. The molecule has 0 aromatic carbocycles. The molecule has 1 aromatic heterocycles. The molecule has 0 atom stereocenters. The number of aromatic nitrogens is 3. The van der Waals surface area contributed by atoms with Crippen LogP contribution in [0.25, 0.3) is 0 Å². The lowest BCUT2D eigenvalue weighted by molar-refractivity contribution is 0.0943. The van der Waals surface area contributed by atoms with Gasteiger partial charge in [-0.15, -0.1) is 0 Å². The summed E-state index contributed by atoms with van der Waals surface area (Å²) in [5.74, 6) is -0.800. The Bertz CT molecular complexity index is 267. The average molecular weight is 156 g/mol. The minimum absolute atomic E-state index is 0.0626. The Hall–Kier alpha value is -1.92. The Morgan fingerprint density at radius 3 is 2.82 bits per heavy atom. The number of rotatable bonds is 1. The summed E-state index contributed by atoms with van der Waals surface area (Å²) in [6, 6.07) is 0. The number of hydrogen-bond acceptors (Lipinski definition) is 4. The van der Waals surface area contributed by atoms with E-state index in [9.17, 15) is 9.59 Å². The van der Waals surface area contributed by atoms with Gasteiger partial charge >= 0.3 is 6.09 Å². The fourth-order valence-electron chi connectivity index (χ4n) is 0.472. The van der Waals surface area contributed by atoms with Crippen molar-refractivity contribution in [2.24, 2.45) is 0 Å². The fourth-order valence-corrected chi connectivity index (χ4v) is 0.472. The van der Waals surface area contributed by atoms with Crippen LogP contribution in [0.1, 0.15) is 10.5 Å². The highest BCUT2D eigenvalue weighted by atomic mass is 16.4. The molecule has 1 aromatic rings. The van der Waals surface area contributed by atoms with E-state index in [2.05, 4.69) is 15.4 Å². The first-order valence-corrected chi connectivity index (χ1v) is 2.60. The second-order valence-electron chi connectivity index (χ2n) is 1.61. The zero-order valence-corrected chi connectivity index (χ0v) is 5.24. The molecule has 58 valence electrons. The van der Waals surface area contributed by atoms with E-state index in [-0.39, 0.29) is 5.69 Å². The third-order valence-electron chi connectivity index (χ3n) is 0.868. The smallest absolute Gasteiger partial charge is 0.411 e. The molecular formula is C4H4N4O3. The molecule has 1 heterocycles. The molecule has 1 rings (SSSR count). The van der Waals surface area contributed by atoms with Crippen LogP contribution in [0.3, 0.4) is 0 Å². The van der Waals surface area contributed by atoms with Crippen molar-refractivity contribution in [3.8, 4) is 0 Å². The Balaban J connectivity index is 2.64. The predicted molar refractivity (Wildman–Crippen MR) is 31.9 cm³/mol. The zero-order chi connectivity index (χ0) is 8.27. The second-order valence-corrected chi connectivity index (χ2v) is 1.61. The number of carbonyl (C=O) groups excluding carboxylic acids is 1. The van der Waals surface area contributed by atoms with E-state index >= 15 is 0 Å². The maximum Gasteiger partial charge on any atom is 0.411 e. The summed E-state index contributed by atoms with van der Waals surface area (Å²) in [7, 11) is 0. The van der Waals surface area contributed by atoms with E-state index in [0.29, 0.717) is 0 Å². The first-order chi connectivity index (χ1) is 5.20. The topological polar surface area (TPSA) is 108 Å². The van der Waals surface area contributed by atoms with Crippen LogP contribution in [0.15, 0.2) is 6.20 Å². The lowest BCUT2D eigenvalue weighted by Gasteiger charge is -1.91. The third-order valence-corrected chi connectivity index (χ3v) is 0.868. The van der Waals surface area contributed by atoms with Gasteiger partial charge in [0, 0.05) is 0 Å². The van der Waals surface area contributed by atoms with E-state index in [1.165, 1.54) is 0 Å². The Morgan fingerprint density at radius 2 is 2.36 bits per heavy atom. The molecule has 7 heteroatoms. The summed E-state index contributed by atoms with van der Waals surface area (Å²) in [4.78, 5) is 20.6. The van der Waals surface area contributed by atoms with Gasteiger partial charge in [-0.2, -0.15) is 15.4 Å². The highest BCUT2D eigenvalue weighted by Gasteiger charge is 2.10. The van der Waals surface area contributed by atoms with E-state index in [1.54, 1.807) is 5.32 Å². The lowest BCUT2D eigenvalue weighted by Crippen LogP contribution is -2.28. The largest absolute Gasteiger partial charge is 0.465 e. The minimum Gasteiger partial charge on any atom is -0.465 e. The van der Waals surface area contributed by atoms with Gasteiger partial charge in [0.2, 0.25) is 0 Å². The number of imide groups is 1. The molecular weight excluding hydrogens is 152 g/mol. The summed E-state index contributed by atoms with van der Waals surface area (Å²) >= 11 is 0. The standard InChI is InChI=1S/C4H4N4O3/c9-3(6-4(10)11)2-1-5-8-7-2/h1H,(H,6,9)(H,10,11)(H,5,7,8). The number of carboxylic acid groups (broad SMARTS) is 1. The molecule has 7 nitrogen and oxygen atoms in total. The van der Waals surface area contributed by atoms with Gasteiger partial charge < -0.3 is 5.11 Å². The highest BCUT2D eigenvalue weighted by molar-refractivity contribution is 6.00. The van der Waals surface area contributed by atoms with E-state index < -0.39 is 12.0 Å². The molecule has 3 N–H and O–H groups in total. The van der Waals surface area contributed by atoms with Crippen LogP contribution < -0.4 is 5.32 Å². The van der Waals surface area contributed by atoms with Gasteiger partial charge in [0.1, 0.15) is 0 Å². The number of H-pyrrole nitrogens is 1. The van der Waals surface area contributed by atoms with Crippen molar-refractivity contribution < 1.29 is 14.7 Å². The van der Waals surface area contributed by atoms with E-state index in [0.717, 1.165) is 6.20 Å². The van der Waals surface area contributed by atoms with Crippen LogP contribution in [0, 0.1) is 0 Å². The lowest BCUT2D eigenvalue weighted by atomic mass is 10.4. The minimum atomic E-state index is -1.42. The van der Waals surface area contributed by atoms with Crippen molar-refractivity contribution in [1.82, 2.24) is 20.7 Å². The Morgan fingerprint density at radius 1 is 1.64 bits per heavy atom. The maximum atomic E-state index is 10.7. The molecule has 0 aliphatic carbocycles. The first-order valence-electron chi connectivity index (χ1n) is 2.60. The van der Waals surface area contributed by atoms with Gasteiger partial charge in [-0.3, -0.25) is 10.1 Å². The van der Waals surface area contributed by atoms with Gasteiger partial charge in [0.25, 0.3) is 5.91 Å². The number of nitrogens with one attached hydrogen (secondary N) is 2. The summed E-state index contributed by atoms with van der Waals surface area (Å²) in [6.07, 6.45) is -0.295. The zero-order valence-electron chi connectivity index (χ0n) is 5.24. The maximum absolute atomic E-state index is 10.7. The molecule has 0 aliphatic heterocycles. The van der Waals surface area contributed by atoms with Gasteiger partial charge in [-0.05, 0) is 0 Å². The van der Waals surface area contributed by atoms with E-state index in [4.69, 9.17) is 5.11 Å². The van der Waals surface area contributed by atoms with Crippen molar-refractivity contribution in [1.29, 1.82) is 0 Å². The van der Waals surface area contributed by atoms with Crippen molar-refractivity contribution in [2.45, 2.75) is 0 Å². The molecule has 0 fully saturated rings. The van der Waals surface area contributed by atoms with Crippen molar-refractivity contribution in [3.05, 3.63) is 11.9 Å². The highest BCUT2D eigenvalue weighted by Crippen LogP contribution is 1.86. The van der Waals surface area contributed by atoms with Gasteiger partial charge in [0.05, 0.1) is 6.20 Å². The summed E-state index contributed by atoms with van der Waals surface area (Å²) in [5, 5.41) is 18.5. The number of hydrogen-bond donors (Lipinski definition) is 3. The molecule has 0 unspecified atom stereocenters. The normalized spacial score (nSPS) is 9.09. The quantitative estimate of drug-likeness (QED) is 0.493. The van der Waals surface area contributed by atoms with Crippen molar-refractivity contribution >= 4 is 12.0 Å². The first kappa shape index (κ1) is 7.19. The van der Waals surface area contributed by atoms with Gasteiger partial charge in [0.15, 0.2) is 5.69 Å². The van der Waals surface area contributed by atoms with Crippen LogP contribution in [0.5, 0.6) is 0 Å². The van der Waals surface area contributed by atoms with Crippen molar-refractivity contribution in [2.75, 3.05) is 0 Å². The monoisotopic (exact) mass is 156 g/mol. The molecule has 0 saturated carbocycles. The number of aromatic amines is 1. The number of nitrogens with zero attached hydrogens (tertiary/aromatic N) is 2. The molecule has 0 spiro atoms. The van der Waals surface area contributed by atoms with Gasteiger partial charge in [-0.1, -0.05) is 0 Å². The van der Waals surface area contributed by atoms with Crippen LogP contribution in [-0.2, 0) is 0 Å². The Labute approximate surface area is 60.4 Å². The molecule has 0 radical (unpaired) electrons.